The Hall–Kier alpha value is -5.96. The summed E-state index contributed by atoms with van der Waals surface area (Å²) in [5.41, 5.74) is 1.76. The van der Waals surface area contributed by atoms with Crippen molar-refractivity contribution in [1.82, 2.24) is 10.6 Å². The maximum absolute atomic E-state index is 13.8. The molecule has 2 heterocycles. The Bertz CT molecular complexity index is 2210. The minimum Gasteiger partial charge on any atom is -0.437 e. The van der Waals surface area contributed by atoms with Crippen LogP contribution in [-0.2, 0) is 30.5 Å². The van der Waals surface area contributed by atoms with E-state index < -0.39 is 23.4 Å². The minimum absolute atomic E-state index is 0.351. The predicted octanol–water partition coefficient (Wildman–Crippen LogP) is 8.91. The molecule has 6 aromatic carbocycles. The fourth-order valence-corrected chi connectivity index (χ4v) is 8.69. The fraction of sp³-hybridized carbons (Fsp3) is 0.280. The SMILES string of the molecule is C[C@@](NCC1CCN(c2ccccc2)C1)(OC(=O)/C=C/C(=O)O[C@@](C)(NCC1CCN(c2ccccc2)C1)c1cccc2ccccc12)c1cccc2ccccc12. The zero-order valence-electron chi connectivity index (χ0n) is 33.4. The van der Waals surface area contributed by atoms with Crippen LogP contribution < -0.4 is 20.4 Å². The van der Waals surface area contributed by atoms with Crippen LogP contribution >= 0.6 is 0 Å². The van der Waals surface area contributed by atoms with Gasteiger partial charge in [0, 0.05) is 73.9 Å². The van der Waals surface area contributed by atoms with Crippen molar-refractivity contribution in [1.29, 1.82) is 0 Å². The first-order chi connectivity index (χ1) is 28.3. The average molecular weight is 773 g/mol. The highest BCUT2D eigenvalue weighted by Crippen LogP contribution is 2.34. The topological polar surface area (TPSA) is 83.1 Å². The Morgan fingerprint density at radius 1 is 0.552 bits per heavy atom. The van der Waals surface area contributed by atoms with Gasteiger partial charge in [-0.05, 0) is 84.3 Å². The molecule has 2 fully saturated rings. The highest BCUT2D eigenvalue weighted by molar-refractivity contribution is 5.93. The summed E-state index contributed by atoms with van der Waals surface area (Å²) in [7, 11) is 0. The maximum Gasteiger partial charge on any atom is 0.333 e. The molecule has 58 heavy (non-hydrogen) atoms. The van der Waals surface area contributed by atoms with Gasteiger partial charge < -0.3 is 19.3 Å². The van der Waals surface area contributed by atoms with Crippen molar-refractivity contribution in [2.24, 2.45) is 11.8 Å². The minimum atomic E-state index is -1.18. The van der Waals surface area contributed by atoms with E-state index >= 15 is 0 Å². The van der Waals surface area contributed by atoms with Gasteiger partial charge in [0.1, 0.15) is 0 Å². The van der Waals surface area contributed by atoms with Crippen molar-refractivity contribution < 1.29 is 19.1 Å². The zero-order valence-corrected chi connectivity index (χ0v) is 33.4. The molecule has 2 aliphatic rings. The molecule has 4 atom stereocenters. The lowest BCUT2D eigenvalue weighted by Crippen LogP contribution is -2.46. The van der Waals surface area contributed by atoms with E-state index in [1.807, 2.05) is 86.6 Å². The van der Waals surface area contributed by atoms with E-state index in [9.17, 15) is 9.59 Å². The van der Waals surface area contributed by atoms with E-state index in [0.717, 1.165) is 71.7 Å². The molecule has 8 rings (SSSR count). The fourth-order valence-electron chi connectivity index (χ4n) is 8.69. The molecule has 0 aliphatic carbocycles. The molecule has 2 saturated heterocycles. The molecule has 0 amide bonds. The van der Waals surface area contributed by atoms with E-state index in [0.29, 0.717) is 24.9 Å². The van der Waals surface area contributed by atoms with E-state index in [1.54, 1.807) is 0 Å². The summed E-state index contributed by atoms with van der Waals surface area (Å²) in [6.45, 7) is 8.80. The third-order valence-corrected chi connectivity index (χ3v) is 11.8. The number of hydrogen-bond acceptors (Lipinski definition) is 8. The molecule has 0 saturated carbocycles. The van der Waals surface area contributed by atoms with Gasteiger partial charge in [-0.1, -0.05) is 121 Å². The highest BCUT2D eigenvalue weighted by Gasteiger charge is 2.36. The largest absolute Gasteiger partial charge is 0.437 e. The molecule has 2 aliphatic heterocycles. The molecule has 0 bridgehead atoms. The summed E-state index contributed by atoms with van der Waals surface area (Å²) in [5.74, 6) is -0.597. The number of hydrogen-bond donors (Lipinski definition) is 2. The normalized spacial score (nSPS) is 19.0. The third-order valence-electron chi connectivity index (χ3n) is 11.8. The number of nitrogens with one attached hydrogen (secondary N) is 2. The van der Waals surface area contributed by atoms with Crippen LogP contribution in [0, 0.1) is 11.8 Å². The number of benzene rings is 6. The smallest absolute Gasteiger partial charge is 0.333 e. The van der Waals surface area contributed by atoms with Crippen LogP contribution in [0.5, 0.6) is 0 Å². The number of carbonyl (C=O) groups is 2. The van der Waals surface area contributed by atoms with Crippen LogP contribution in [0.2, 0.25) is 0 Å². The Morgan fingerprint density at radius 3 is 1.36 bits per heavy atom. The molecule has 8 nitrogen and oxygen atoms in total. The first-order valence-corrected chi connectivity index (χ1v) is 20.5. The number of para-hydroxylation sites is 2. The number of carbonyl (C=O) groups excluding carboxylic acids is 2. The number of anilines is 2. The standard InChI is InChI=1S/C50H52N4O4/c1-49(45-25-13-17-39-15-9-11-23-43(39)45,51-33-37-29-31-53(35-37)41-19-5-3-6-20-41)57-47(55)27-28-48(56)58-50(2,46-26-14-18-40-16-10-12-24-44(40)46)52-34-38-30-32-54(36-38)42-21-7-4-8-22-42/h3-28,37-38,51-52H,29-36H2,1-2H3/b28-27+/t37?,38?,49-,50-/m1/s1. The number of ether oxygens (including phenoxy) is 2. The number of rotatable bonds is 14. The van der Waals surface area contributed by atoms with Gasteiger partial charge in [0.2, 0.25) is 0 Å². The van der Waals surface area contributed by atoms with Gasteiger partial charge in [-0.2, -0.15) is 0 Å². The van der Waals surface area contributed by atoms with Gasteiger partial charge in [0.15, 0.2) is 11.4 Å². The second kappa shape index (κ2) is 17.3. The predicted molar refractivity (Wildman–Crippen MR) is 233 cm³/mol. The second-order valence-corrected chi connectivity index (χ2v) is 15.9. The number of nitrogens with zero attached hydrogens (tertiary/aromatic N) is 2. The van der Waals surface area contributed by atoms with Crippen LogP contribution in [0.4, 0.5) is 11.4 Å². The van der Waals surface area contributed by atoms with Crippen LogP contribution in [0.15, 0.2) is 158 Å². The number of esters is 2. The highest BCUT2D eigenvalue weighted by atomic mass is 16.6. The Labute approximate surface area is 341 Å². The third kappa shape index (κ3) is 8.79. The number of fused-ring (bicyclic) bond motifs is 2. The van der Waals surface area contributed by atoms with Crippen molar-refractivity contribution in [3.05, 3.63) is 169 Å². The molecule has 0 aromatic heterocycles. The average Bonchev–Trinajstić information content (AvgIpc) is 3.95. The van der Waals surface area contributed by atoms with Gasteiger partial charge >= 0.3 is 11.9 Å². The molecule has 2 unspecified atom stereocenters. The Morgan fingerprint density at radius 2 is 0.931 bits per heavy atom. The Balaban J connectivity index is 0.988. The summed E-state index contributed by atoms with van der Waals surface area (Å²) < 4.78 is 12.6. The summed E-state index contributed by atoms with van der Waals surface area (Å²) in [6.07, 6.45) is 4.39. The molecule has 8 heteroatoms. The molecule has 0 radical (unpaired) electrons. The lowest BCUT2D eigenvalue weighted by molar-refractivity contribution is -0.159. The molecule has 6 aromatic rings. The summed E-state index contributed by atoms with van der Waals surface area (Å²) >= 11 is 0. The van der Waals surface area contributed by atoms with Gasteiger partial charge in [0.25, 0.3) is 0 Å². The first kappa shape index (κ1) is 38.9. The van der Waals surface area contributed by atoms with Crippen LogP contribution in [0.25, 0.3) is 21.5 Å². The first-order valence-electron chi connectivity index (χ1n) is 20.5. The van der Waals surface area contributed by atoms with Crippen molar-refractivity contribution in [2.75, 3.05) is 49.1 Å². The van der Waals surface area contributed by atoms with E-state index in [2.05, 4.69) is 93.2 Å². The van der Waals surface area contributed by atoms with Crippen LogP contribution in [0.1, 0.15) is 37.8 Å². The van der Waals surface area contributed by atoms with Gasteiger partial charge in [-0.15, -0.1) is 0 Å². The van der Waals surface area contributed by atoms with Gasteiger partial charge in [-0.25, -0.2) is 9.59 Å². The summed E-state index contributed by atoms with van der Waals surface area (Å²) in [5, 5.41) is 11.3. The quantitative estimate of drug-likeness (QED) is 0.0646. The van der Waals surface area contributed by atoms with Crippen molar-refractivity contribution in [3.8, 4) is 0 Å². The monoisotopic (exact) mass is 772 g/mol. The van der Waals surface area contributed by atoms with E-state index in [1.165, 1.54) is 23.5 Å². The van der Waals surface area contributed by atoms with Gasteiger partial charge in [-0.3, -0.25) is 10.6 Å². The lowest BCUT2D eigenvalue weighted by Gasteiger charge is -2.33. The Kier molecular flexibility index (Phi) is 11.6. The summed E-state index contributed by atoms with van der Waals surface area (Å²) in [6, 6.07) is 49.2. The van der Waals surface area contributed by atoms with E-state index in [-0.39, 0.29) is 0 Å². The molecular formula is C50H52N4O4. The van der Waals surface area contributed by atoms with Gasteiger partial charge in [0.05, 0.1) is 0 Å². The van der Waals surface area contributed by atoms with Crippen molar-refractivity contribution >= 4 is 44.9 Å². The zero-order chi connectivity index (χ0) is 40.0. The van der Waals surface area contributed by atoms with Crippen molar-refractivity contribution in [3.63, 3.8) is 0 Å². The van der Waals surface area contributed by atoms with E-state index in [4.69, 9.17) is 9.47 Å². The molecule has 0 spiro atoms. The van der Waals surface area contributed by atoms with Crippen LogP contribution in [0.3, 0.4) is 0 Å². The summed E-state index contributed by atoms with van der Waals surface area (Å²) in [4.78, 5) is 32.4. The second-order valence-electron chi connectivity index (χ2n) is 15.9. The molecule has 2 N–H and O–H groups in total. The molecule has 296 valence electrons. The maximum atomic E-state index is 13.8. The van der Waals surface area contributed by atoms with Crippen LogP contribution in [-0.4, -0.2) is 51.2 Å². The van der Waals surface area contributed by atoms with Crippen molar-refractivity contribution in [2.45, 2.75) is 38.1 Å². The molecular weight excluding hydrogens is 721 g/mol. The lowest BCUT2D eigenvalue weighted by atomic mass is 9.96.